The predicted molar refractivity (Wildman–Crippen MR) is 73.7 cm³/mol. The molecule has 1 aliphatic heterocycles. The topological polar surface area (TPSA) is 48.7 Å². The highest BCUT2D eigenvalue weighted by molar-refractivity contribution is 5.83. The normalized spacial score (nSPS) is 23.9. The molecule has 19 heavy (non-hydrogen) atoms. The fourth-order valence-electron chi connectivity index (χ4n) is 2.57. The van der Waals surface area contributed by atoms with Gasteiger partial charge in [0.25, 0.3) is 0 Å². The van der Waals surface area contributed by atoms with Gasteiger partial charge in [0.2, 0.25) is 5.91 Å². The van der Waals surface area contributed by atoms with Crippen LogP contribution in [-0.2, 0) is 11.3 Å². The van der Waals surface area contributed by atoms with E-state index in [0.717, 1.165) is 12.3 Å². The van der Waals surface area contributed by atoms with Crippen molar-refractivity contribution in [2.24, 2.45) is 0 Å². The Kier molecular flexibility index (Phi) is 3.96. The quantitative estimate of drug-likeness (QED) is 0.879. The molecule has 1 saturated heterocycles. The summed E-state index contributed by atoms with van der Waals surface area (Å²) in [7, 11) is 3.76. The predicted octanol–water partition coefficient (Wildman–Crippen LogP) is 0.920. The Morgan fingerprint density at radius 3 is 2.84 bits per heavy atom. The second-order valence-corrected chi connectivity index (χ2v) is 5.77. The highest BCUT2D eigenvalue weighted by Crippen LogP contribution is 2.25. The Bertz CT molecular complexity index is 428. The van der Waals surface area contributed by atoms with Gasteiger partial charge in [-0.1, -0.05) is 0 Å². The van der Waals surface area contributed by atoms with Crippen LogP contribution in [0.1, 0.15) is 19.6 Å². The molecule has 1 aromatic heterocycles. The van der Waals surface area contributed by atoms with E-state index in [1.165, 1.54) is 0 Å². The SMILES string of the molecule is CNCC1C(=O)N(C)C(C)(C)CN1Cc1ccco1. The van der Waals surface area contributed by atoms with Crippen LogP contribution in [0, 0.1) is 0 Å². The Morgan fingerprint density at radius 2 is 2.26 bits per heavy atom. The first-order valence-corrected chi connectivity index (χ1v) is 6.64. The summed E-state index contributed by atoms with van der Waals surface area (Å²) in [5.74, 6) is 1.06. The first kappa shape index (κ1) is 14.1. The van der Waals surface area contributed by atoms with E-state index in [1.54, 1.807) is 6.26 Å². The molecule has 0 saturated carbocycles. The van der Waals surface area contributed by atoms with Crippen LogP contribution in [0.2, 0.25) is 0 Å². The van der Waals surface area contributed by atoms with E-state index in [-0.39, 0.29) is 17.5 Å². The summed E-state index contributed by atoms with van der Waals surface area (Å²) < 4.78 is 5.41. The Morgan fingerprint density at radius 1 is 1.53 bits per heavy atom. The zero-order chi connectivity index (χ0) is 14.0. The van der Waals surface area contributed by atoms with Crippen molar-refractivity contribution < 1.29 is 9.21 Å². The number of nitrogens with one attached hydrogen (secondary N) is 1. The smallest absolute Gasteiger partial charge is 0.241 e. The fourth-order valence-corrected chi connectivity index (χ4v) is 2.57. The molecule has 0 aromatic carbocycles. The minimum absolute atomic E-state index is 0.131. The molecule has 1 fully saturated rings. The second-order valence-electron chi connectivity index (χ2n) is 5.77. The summed E-state index contributed by atoms with van der Waals surface area (Å²) >= 11 is 0. The van der Waals surface area contributed by atoms with Gasteiger partial charge in [0, 0.05) is 25.7 Å². The molecule has 106 valence electrons. The maximum absolute atomic E-state index is 12.5. The van der Waals surface area contributed by atoms with Gasteiger partial charge < -0.3 is 14.6 Å². The number of rotatable bonds is 4. The van der Waals surface area contributed by atoms with Crippen molar-refractivity contribution in [3.63, 3.8) is 0 Å². The molecule has 0 spiro atoms. The lowest BCUT2D eigenvalue weighted by Crippen LogP contribution is -2.66. The minimum Gasteiger partial charge on any atom is -0.468 e. The maximum atomic E-state index is 12.5. The molecule has 5 nitrogen and oxygen atoms in total. The van der Waals surface area contributed by atoms with Gasteiger partial charge in [0.15, 0.2) is 0 Å². The Labute approximate surface area is 114 Å². The Hall–Kier alpha value is -1.33. The highest BCUT2D eigenvalue weighted by Gasteiger charge is 2.42. The van der Waals surface area contributed by atoms with Crippen LogP contribution in [0.4, 0.5) is 0 Å². The van der Waals surface area contributed by atoms with Crippen molar-refractivity contribution >= 4 is 5.91 Å². The van der Waals surface area contributed by atoms with Gasteiger partial charge in [0.1, 0.15) is 11.8 Å². The largest absolute Gasteiger partial charge is 0.468 e. The number of hydrogen-bond donors (Lipinski definition) is 1. The minimum atomic E-state index is -0.159. The lowest BCUT2D eigenvalue weighted by molar-refractivity contribution is -0.149. The van der Waals surface area contributed by atoms with E-state index in [1.807, 2.05) is 31.1 Å². The summed E-state index contributed by atoms with van der Waals surface area (Å²) in [6.45, 7) is 6.34. The number of carbonyl (C=O) groups excluding carboxylic acids is 1. The highest BCUT2D eigenvalue weighted by atomic mass is 16.3. The number of piperazine rings is 1. The van der Waals surface area contributed by atoms with Gasteiger partial charge in [-0.15, -0.1) is 0 Å². The average molecular weight is 265 g/mol. The van der Waals surface area contributed by atoms with Crippen LogP contribution in [0.25, 0.3) is 0 Å². The van der Waals surface area contributed by atoms with E-state index in [2.05, 4.69) is 24.1 Å². The third kappa shape index (κ3) is 2.82. The molecule has 2 rings (SSSR count). The monoisotopic (exact) mass is 265 g/mol. The van der Waals surface area contributed by atoms with E-state index in [9.17, 15) is 4.79 Å². The molecular weight excluding hydrogens is 242 g/mol. The molecule has 0 aliphatic carbocycles. The molecule has 1 atom stereocenters. The van der Waals surface area contributed by atoms with E-state index in [4.69, 9.17) is 4.42 Å². The molecule has 1 aromatic rings. The lowest BCUT2D eigenvalue weighted by atomic mass is 9.95. The van der Waals surface area contributed by atoms with Gasteiger partial charge in [-0.2, -0.15) is 0 Å². The summed E-state index contributed by atoms with van der Waals surface area (Å²) in [5, 5.41) is 3.11. The van der Waals surface area contributed by atoms with E-state index >= 15 is 0 Å². The van der Waals surface area contributed by atoms with Crippen LogP contribution in [0.15, 0.2) is 22.8 Å². The van der Waals surface area contributed by atoms with Crippen molar-refractivity contribution in [3.05, 3.63) is 24.2 Å². The van der Waals surface area contributed by atoms with Gasteiger partial charge in [-0.05, 0) is 33.0 Å². The molecule has 2 heterocycles. The standard InChI is InChI=1S/C14H23N3O2/c1-14(2)10-17(9-11-6-5-7-19-11)12(8-15-3)13(18)16(14)4/h5-7,12,15H,8-10H2,1-4H3. The molecule has 0 bridgehead atoms. The van der Waals surface area contributed by atoms with Gasteiger partial charge in [-0.3, -0.25) is 9.69 Å². The molecule has 0 radical (unpaired) electrons. The third-order valence-electron chi connectivity index (χ3n) is 3.89. The summed E-state index contributed by atoms with van der Waals surface area (Å²) in [5.41, 5.74) is -0.159. The van der Waals surface area contributed by atoms with Crippen LogP contribution < -0.4 is 5.32 Å². The first-order valence-electron chi connectivity index (χ1n) is 6.64. The number of hydrogen-bond acceptors (Lipinski definition) is 4. The zero-order valence-corrected chi connectivity index (χ0v) is 12.1. The number of carbonyl (C=O) groups is 1. The average Bonchev–Trinajstić information content (AvgIpc) is 2.84. The number of nitrogens with zero attached hydrogens (tertiary/aromatic N) is 2. The summed E-state index contributed by atoms with van der Waals surface area (Å²) in [6, 6.07) is 3.70. The third-order valence-corrected chi connectivity index (χ3v) is 3.89. The second kappa shape index (κ2) is 5.35. The molecular formula is C14H23N3O2. The summed E-state index contributed by atoms with van der Waals surface area (Å²) in [4.78, 5) is 16.5. The number of furan rings is 1. The van der Waals surface area contributed by atoms with E-state index in [0.29, 0.717) is 13.1 Å². The number of likely N-dealkylation sites (N-methyl/N-ethyl adjacent to an activating group) is 2. The van der Waals surface area contributed by atoms with Crippen molar-refractivity contribution in [1.29, 1.82) is 0 Å². The molecule has 1 N–H and O–H groups in total. The fraction of sp³-hybridized carbons (Fsp3) is 0.643. The zero-order valence-electron chi connectivity index (χ0n) is 12.1. The van der Waals surface area contributed by atoms with Crippen molar-refractivity contribution in [3.8, 4) is 0 Å². The van der Waals surface area contributed by atoms with Gasteiger partial charge in [0.05, 0.1) is 12.8 Å². The maximum Gasteiger partial charge on any atom is 0.241 e. The molecule has 5 heteroatoms. The van der Waals surface area contributed by atoms with Crippen LogP contribution in [-0.4, -0.2) is 54.5 Å². The van der Waals surface area contributed by atoms with Gasteiger partial charge >= 0.3 is 0 Å². The Balaban J connectivity index is 2.19. The van der Waals surface area contributed by atoms with Crippen LogP contribution in [0.5, 0.6) is 0 Å². The summed E-state index contributed by atoms with van der Waals surface area (Å²) in [6.07, 6.45) is 1.67. The molecule has 1 amide bonds. The number of amides is 1. The van der Waals surface area contributed by atoms with Crippen molar-refractivity contribution in [2.45, 2.75) is 32.0 Å². The van der Waals surface area contributed by atoms with E-state index < -0.39 is 0 Å². The van der Waals surface area contributed by atoms with Crippen molar-refractivity contribution in [2.75, 3.05) is 27.2 Å². The first-order chi connectivity index (χ1) is 8.95. The lowest BCUT2D eigenvalue weighted by Gasteiger charge is -2.48. The van der Waals surface area contributed by atoms with Crippen molar-refractivity contribution in [1.82, 2.24) is 15.1 Å². The molecule has 1 unspecified atom stereocenters. The van der Waals surface area contributed by atoms with Crippen LogP contribution in [0.3, 0.4) is 0 Å². The molecule has 1 aliphatic rings. The van der Waals surface area contributed by atoms with Crippen LogP contribution >= 0.6 is 0 Å². The van der Waals surface area contributed by atoms with Gasteiger partial charge in [-0.25, -0.2) is 0 Å².